The zero-order chi connectivity index (χ0) is 13.1. The van der Waals surface area contributed by atoms with E-state index in [9.17, 15) is 0 Å². The predicted octanol–water partition coefficient (Wildman–Crippen LogP) is 3.35. The van der Waals surface area contributed by atoms with Crippen LogP contribution in [0.3, 0.4) is 0 Å². The van der Waals surface area contributed by atoms with Gasteiger partial charge in [-0.3, -0.25) is 0 Å². The molecule has 1 saturated carbocycles. The molecule has 0 atom stereocenters. The molecule has 1 aromatic rings. The van der Waals surface area contributed by atoms with Gasteiger partial charge in [0.05, 0.1) is 18.7 Å². The molecule has 2 rings (SSSR count). The highest BCUT2D eigenvalue weighted by Crippen LogP contribution is 2.36. The summed E-state index contributed by atoms with van der Waals surface area (Å²) in [6.07, 6.45) is 2.57. The van der Waals surface area contributed by atoms with Crippen molar-refractivity contribution < 1.29 is 9.47 Å². The van der Waals surface area contributed by atoms with Crippen molar-refractivity contribution in [3.63, 3.8) is 0 Å². The van der Waals surface area contributed by atoms with E-state index in [2.05, 4.69) is 34.2 Å². The number of methoxy groups -OCH3 is 2. The third kappa shape index (κ3) is 2.98. The summed E-state index contributed by atoms with van der Waals surface area (Å²) in [4.78, 5) is 0. The van der Waals surface area contributed by atoms with Crippen molar-refractivity contribution in [3.05, 3.63) is 22.2 Å². The number of rotatable bonds is 5. The molecule has 100 valence electrons. The van der Waals surface area contributed by atoms with Gasteiger partial charge in [0, 0.05) is 12.6 Å². The molecule has 0 aliphatic heterocycles. The maximum atomic E-state index is 5.34. The molecule has 1 fully saturated rings. The first-order chi connectivity index (χ1) is 8.63. The van der Waals surface area contributed by atoms with Gasteiger partial charge in [0.15, 0.2) is 11.5 Å². The van der Waals surface area contributed by atoms with Gasteiger partial charge in [-0.05, 0) is 52.4 Å². The second kappa shape index (κ2) is 5.93. The van der Waals surface area contributed by atoms with Gasteiger partial charge in [-0.15, -0.1) is 0 Å². The van der Waals surface area contributed by atoms with Crippen LogP contribution >= 0.6 is 15.9 Å². The average Bonchev–Trinajstić information content (AvgIpc) is 2.32. The topological polar surface area (TPSA) is 30.5 Å². The summed E-state index contributed by atoms with van der Waals surface area (Å²) in [7, 11) is 3.31. The Morgan fingerprint density at radius 2 is 2.00 bits per heavy atom. The van der Waals surface area contributed by atoms with Gasteiger partial charge in [0.2, 0.25) is 0 Å². The second-order valence-corrected chi connectivity index (χ2v) is 5.82. The number of nitrogens with one attached hydrogen (secondary N) is 1. The molecule has 1 aromatic carbocycles. The minimum absolute atomic E-state index is 0.673. The van der Waals surface area contributed by atoms with Crippen molar-refractivity contribution in [1.29, 1.82) is 0 Å². The molecule has 1 aliphatic carbocycles. The van der Waals surface area contributed by atoms with E-state index in [0.717, 1.165) is 28.4 Å². The second-order valence-electron chi connectivity index (χ2n) is 4.97. The van der Waals surface area contributed by atoms with E-state index in [4.69, 9.17) is 9.47 Å². The third-order valence-electron chi connectivity index (χ3n) is 3.46. The van der Waals surface area contributed by atoms with Crippen molar-refractivity contribution in [1.82, 2.24) is 5.32 Å². The lowest BCUT2D eigenvalue weighted by Gasteiger charge is -2.33. The normalized spacial score (nSPS) is 22.4. The molecule has 0 aromatic heterocycles. The van der Waals surface area contributed by atoms with Crippen LogP contribution in [0.1, 0.15) is 25.3 Å². The van der Waals surface area contributed by atoms with Crippen LogP contribution in [0.5, 0.6) is 11.5 Å². The van der Waals surface area contributed by atoms with Crippen LogP contribution < -0.4 is 14.8 Å². The molecular formula is C14H20BrNO2. The van der Waals surface area contributed by atoms with Gasteiger partial charge in [-0.1, -0.05) is 6.92 Å². The fourth-order valence-electron chi connectivity index (χ4n) is 2.40. The van der Waals surface area contributed by atoms with Crippen LogP contribution in [0.4, 0.5) is 0 Å². The van der Waals surface area contributed by atoms with E-state index < -0.39 is 0 Å². The first-order valence-corrected chi connectivity index (χ1v) is 7.07. The summed E-state index contributed by atoms with van der Waals surface area (Å²) in [5, 5.41) is 3.56. The van der Waals surface area contributed by atoms with E-state index >= 15 is 0 Å². The summed E-state index contributed by atoms with van der Waals surface area (Å²) in [5.41, 5.74) is 1.21. The molecular weight excluding hydrogens is 294 g/mol. The van der Waals surface area contributed by atoms with Gasteiger partial charge in [0.1, 0.15) is 0 Å². The van der Waals surface area contributed by atoms with E-state index in [0.29, 0.717) is 6.04 Å². The standard InChI is InChI=1S/C14H20BrNO2/c1-9-4-11(5-9)16-8-10-6-12(15)14(18-3)13(7-10)17-2/h6-7,9,11,16H,4-5,8H2,1-3H3. The summed E-state index contributed by atoms with van der Waals surface area (Å²) in [5.74, 6) is 2.39. The molecule has 0 radical (unpaired) electrons. The number of halogens is 1. The van der Waals surface area contributed by atoms with Gasteiger partial charge in [0.25, 0.3) is 0 Å². The van der Waals surface area contributed by atoms with Gasteiger partial charge < -0.3 is 14.8 Å². The van der Waals surface area contributed by atoms with E-state index in [1.54, 1.807) is 14.2 Å². The maximum Gasteiger partial charge on any atom is 0.174 e. The highest BCUT2D eigenvalue weighted by atomic mass is 79.9. The Labute approximate surface area is 117 Å². The molecule has 0 heterocycles. The van der Waals surface area contributed by atoms with Crippen LogP contribution in [-0.4, -0.2) is 20.3 Å². The van der Waals surface area contributed by atoms with Crippen molar-refractivity contribution in [2.75, 3.05) is 14.2 Å². The Hall–Kier alpha value is -0.740. The number of hydrogen-bond donors (Lipinski definition) is 1. The summed E-state index contributed by atoms with van der Waals surface area (Å²) in [6.45, 7) is 3.17. The van der Waals surface area contributed by atoms with Crippen LogP contribution in [0.2, 0.25) is 0 Å². The summed E-state index contributed by atoms with van der Waals surface area (Å²) < 4.78 is 11.6. The smallest absolute Gasteiger partial charge is 0.174 e. The number of hydrogen-bond acceptors (Lipinski definition) is 3. The Balaban J connectivity index is 2.02. The molecule has 4 heteroatoms. The minimum Gasteiger partial charge on any atom is -0.493 e. The monoisotopic (exact) mass is 313 g/mol. The lowest BCUT2D eigenvalue weighted by Crippen LogP contribution is -2.39. The quantitative estimate of drug-likeness (QED) is 0.904. The molecule has 0 unspecified atom stereocenters. The van der Waals surface area contributed by atoms with Crippen molar-refractivity contribution in [3.8, 4) is 11.5 Å². The molecule has 0 amide bonds. The minimum atomic E-state index is 0.673. The van der Waals surface area contributed by atoms with Crippen molar-refractivity contribution >= 4 is 15.9 Å². The van der Waals surface area contributed by atoms with Gasteiger partial charge in [-0.2, -0.15) is 0 Å². The first kappa shape index (κ1) is 13.7. The van der Waals surface area contributed by atoms with E-state index in [1.165, 1.54) is 18.4 Å². The molecule has 1 aliphatic rings. The van der Waals surface area contributed by atoms with Gasteiger partial charge >= 0.3 is 0 Å². The first-order valence-electron chi connectivity index (χ1n) is 6.27. The third-order valence-corrected chi connectivity index (χ3v) is 4.05. The Kier molecular flexibility index (Phi) is 4.51. The van der Waals surface area contributed by atoms with E-state index in [1.807, 2.05) is 6.07 Å². The average molecular weight is 314 g/mol. The van der Waals surface area contributed by atoms with Gasteiger partial charge in [-0.25, -0.2) is 0 Å². The highest BCUT2D eigenvalue weighted by Gasteiger charge is 2.24. The lowest BCUT2D eigenvalue weighted by molar-refractivity contribution is 0.240. The maximum absolute atomic E-state index is 5.34. The number of ether oxygens (including phenoxy) is 2. The fraction of sp³-hybridized carbons (Fsp3) is 0.571. The Morgan fingerprint density at radius 1 is 1.28 bits per heavy atom. The van der Waals surface area contributed by atoms with Crippen LogP contribution in [0.15, 0.2) is 16.6 Å². The zero-order valence-corrected chi connectivity index (χ0v) is 12.7. The van der Waals surface area contributed by atoms with Crippen LogP contribution in [-0.2, 0) is 6.54 Å². The zero-order valence-electron chi connectivity index (χ0n) is 11.1. The van der Waals surface area contributed by atoms with Crippen LogP contribution in [0, 0.1) is 5.92 Å². The lowest BCUT2D eigenvalue weighted by atomic mass is 9.82. The molecule has 0 saturated heterocycles. The summed E-state index contributed by atoms with van der Waals surface area (Å²) in [6, 6.07) is 4.78. The SMILES string of the molecule is COc1cc(CNC2CC(C)C2)cc(Br)c1OC. The molecule has 1 N–H and O–H groups in total. The molecule has 3 nitrogen and oxygen atoms in total. The van der Waals surface area contributed by atoms with E-state index in [-0.39, 0.29) is 0 Å². The molecule has 18 heavy (non-hydrogen) atoms. The Bertz CT molecular complexity index is 417. The fourth-order valence-corrected chi connectivity index (χ4v) is 3.06. The number of benzene rings is 1. The highest BCUT2D eigenvalue weighted by molar-refractivity contribution is 9.10. The largest absolute Gasteiger partial charge is 0.493 e. The van der Waals surface area contributed by atoms with Crippen LogP contribution in [0.25, 0.3) is 0 Å². The summed E-state index contributed by atoms with van der Waals surface area (Å²) >= 11 is 3.51. The molecule has 0 bridgehead atoms. The van der Waals surface area contributed by atoms with Crippen molar-refractivity contribution in [2.24, 2.45) is 5.92 Å². The predicted molar refractivity (Wildman–Crippen MR) is 76.3 cm³/mol. The molecule has 0 spiro atoms. The van der Waals surface area contributed by atoms with Crippen molar-refractivity contribution in [2.45, 2.75) is 32.4 Å². The Morgan fingerprint density at radius 3 is 2.56 bits per heavy atom.